The van der Waals surface area contributed by atoms with Gasteiger partial charge in [-0.15, -0.1) is 0 Å². The molecule has 1 heterocycles. The number of nitrogens with zero attached hydrogens (tertiary/aromatic N) is 1. The van der Waals surface area contributed by atoms with Crippen LogP contribution >= 0.6 is 0 Å². The highest BCUT2D eigenvalue weighted by Crippen LogP contribution is 2.34. The van der Waals surface area contributed by atoms with Crippen LogP contribution < -0.4 is 5.32 Å². The van der Waals surface area contributed by atoms with Crippen LogP contribution in [0.5, 0.6) is 0 Å². The third kappa shape index (κ3) is 4.45. The summed E-state index contributed by atoms with van der Waals surface area (Å²) < 4.78 is 0. The molecule has 0 amide bonds. The topological polar surface area (TPSA) is 15.3 Å². The number of nitrogens with one attached hydrogen (secondary N) is 1. The smallest absolute Gasteiger partial charge is 0.0309 e. The summed E-state index contributed by atoms with van der Waals surface area (Å²) in [5.41, 5.74) is 0.440. The van der Waals surface area contributed by atoms with Crippen LogP contribution in [0.2, 0.25) is 0 Å². The van der Waals surface area contributed by atoms with E-state index in [1.807, 2.05) is 0 Å². The number of hydrogen-bond acceptors (Lipinski definition) is 2. The predicted molar refractivity (Wildman–Crippen MR) is 92.7 cm³/mol. The Morgan fingerprint density at radius 3 is 2.24 bits per heavy atom. The van der Waals surface area contributed by atoms with Gasteiger partial charge in [0.25, 0.3) is 0 Å². The van der Waals surface area contributed by atoms with E-state index >= 15 is 0 Å². The van der Waals surface area contributed by atoms with Crippen molar-refractivity contribution in [1.29, 1.82) is 0 Å². The highest BCUT2D eigenvalue weighted by molar-refractivity contribution is 5.01. The average molecular weight is 295 g/mol. The molecule has 2 heteroatoms. The Kier molecular flexibility index (Phi) is 6.14. The maximum Gasteiger partial charge on any atom is 0.0309 e. The fourth-order valence-electron chi connectivity index (χ4n) is 4.37. The number of hydrogen-bond donors (Lipinski definition) is 1. The van der Waals surface area contributed by atoms with Crippen LogP contribution in [-0.2, 0) is 0 Å². The molecule has 1 spiro atoms. The minimum absolute atomic E-state index is 0.440. The summed E-state index contributed by atoms with van der Waals surface area (Å²) in [4.78, 5) is 2.87. The maximum absolute atomic E-state index is 3.97. The largest absolute Gasteiger partial charge is 0.308 e. The second-order valence-corrected chi connectivity index (χ2v) is 8.53. The lowest BCUT2D eigenvalue weighted by atomic mass is 9.78. The predicted octanol–water partition coefficient (Wildman–Crippen LogP) is 4.44. The van der Waals surface area contributed by atoms with E-state index in [1.54, 1.807) is 0 Å². The van der Waals surface area contributed by atoms with E-state index in [-0.39, 0.29) is 0 Å². The molecule has 0 aromatic rings. The van der Waals surface area contributed by atoms with Crippen molar-refractivity contribution in [2.45, 2.75) is 97.2 Å². The van der Waals surface area contributed by atoms with Crippen molar-refractivity contribution in [2.24, 2.45) is 11.8 Å². The van der Waals surface area contributed by atoms with E-state index in [1.165, 1.54) is 58.0 Å². The lowest BCUT2D eigenvalue weighted by Crippen LogP contribution is -2.67. The van der Waals surface area contributed by atoms with Crippen molar-refractivity contribution >= 4 is 0 Å². The van der Waals surface area contributed by atoms with Gasteiger partial charge < -0.3 is 5.32 Å². The maximum atomic E-state index is 3.97. The van der Waals surface area contributed by atoms with Crippen molar-refractivity contribution in [2.75, 3.05) is 13.1 Å². The Morgan fingerprint density at radius 2 is 1.67 bits per heavy atom. The van der Waals surface area contributed by atoms with Crippen LogP contribution in [0.15, 0.2) is 0 Å². The zero-order chi connectivity index (χ0) is 15.5. The van der Waals surface area contributed by atoms with Crippen molar-refractivity contribution in [3.63, 3.8) is 0 Å². The first kappa shape index (κ1) is 17.3. The minimum atomic E-state index is 0.440. The van der Waals surface area contributed by atoms with Gasteiger partial charge in [-0.2, -0.15) is 0 Å². The summed E-state index contributed by atoms with van der Waals surface area (Å²) in [6.45, 7) is 14.5. The zero-order valence-electron chi connectivity index (χ0n) is 15.1. The highest BCUT2D eigenvalue weighted by Gasteiger charge is 2.41. The summed E-state index contributed by atoms with van der Waals surface area (Å²) in [6, 6.07) is 1.46. The molecule has 2 unspecified atom stereocenters. The van der Waals surface area contributed by atoms with Crippen molar-refractivity contribution in [3.05, 3.63) is 0 Å². The lowest BCUT2D eigenvalue weighted by Gasteiger charge is -2.53. The highest BCUT2D eigenvalue weighted by atomic mass is 15.3. The van der Waals surface area contributed by atoms with Gasteiger partial charge >= 0.3 is 0 Å². The molecular formula is C19H38N2. The number of rotatable bonds is 5. The first-order valence-corrected chi connectivity index (χ1v) is 9.44. The third-order valence-corrected chi connectivity index (χ3v) is 5.91. The molecule has 1 aliphatic carbocycles. The van der Waals surface area contributed by atoms with Gasteiger partial charge in [-0.05, 0) is 44.4 Å². The van der Waals surface area contributed by atoms with Gasteiger partial charge in [0.2, 0.25) is 0 Å². The molecule has 2 nitrogen and oxygen atoms in total. The van der Waals surface area contributed by atoms with Gasteiger partial charge in [-0.1, -0.05) is 47.0 Å². The molecule has 2 rings (SSSR count). The Morgan fingerprint density at radius 1 is 1.00 bits per heavy atom. The molecule has 1 N–H and O–H groups in total. The molecule has 0 radical (unpaired) electrons. The van der Waals surface area contributed by atoms with E-state index in [2.05, 4.69) is 44.8 Å². The van der Waals surface area contributed by atoms with Crippen LogP contribution in [0.4, 0.5) is 0 Å². The average Bonchev–Trinajstić information content (AvgIpc) is 2.45. The molecule has 2 atom stereocenters. The normalized spacial score (nSPS) is 28.4. The molecule has 2 aliphatic rings. The van der Waals surface area contributed by atoms with Crippen LogP contribution in [0.25, 0.3) is 0 Å². The number of piperazine rings is 1. The second-order valence-electron chi connectivity index (χ2n) is 8.53. The molecule has 124 valence electrons. The van der Waals surface area contributed by atoms with Crippen molar-refractivity contribution in [1.82, 2.24) is 10.2 Å². The molecule has 2 fully saturated rings. The molecule has 1 saturated carbocycles. The van der Waals surface area contributed by atoms with Crippen LogP contribution in [0.3, 0.4) is 0 Å². The molecule has 0 bridgehead atoms. The summed E-state index contributed by atoms with van der Waals surface area (Å²) in [5.74, 6) is 1.58. The van der Waals surface area contributed by atoms with Gasteiger partial charge in [0.15, 0.2) is 0 Å². The fraction of sp³-hybridized carbons (Fsp3) is 1.00. The summed E-state index contributed by atoms with van der Waals surface area (Å²) in [6.07, 6.45) is 9.80. The minimum Gasteiger partial charge on any atom is -0.308 e. The van der Waals surface area contributed by atoms with Crippen LogP contribution in [-0.4, -0.2) is 35.6 Å². The molecule has 0 aromatic heterocycles. The van der Waals surface area contributed by atoms with E-state index in [0.29, 0.717) is 5.54 Å². The zero-order valence-corrected chi connectivity index (χ0v) is 15.1. The molecular weight excluding hydrogens is 256 g/mol. The second kappa shape index (κ2) is 7.46. The van der Waals surface area contributed by atoms with Gasteiger partial charge in [0.05, 0.1) is 0 Å². The Bertz CT molecular complexity index is 305. The standard InChI is InChI=1S/C19H38N2/c1-15(2)9-10-17(5)21-14-19(11-7-6-8-12-19)20-13-18(21)16(3)4/h15-18,20H,6-14H2,1-5H3. The fourth-order valence-corrected chi connectivity index (χ4v) is 4.37. The van der Waals surface area contributed by atoms with Crippen molar-refractivity contribution in [3.8, 4) is 0 Å². The third-order valence-electron chi connectivity index (χ3n) is 5.91. The first-order valence-electron chi connectivity index (χ1n) is 9.44. The van der Waals surface area contributed by atoms with Gasteiger partial charge in [0.1, 0.15) is 0 Å². The Hall–Kier alpha value is -0.0800. The summed E-state index contributed by atoms with van der Waals surface area (Å²) in [5, 5.41) is 3.97. The molecule has 1 saturated heterocycles. The van der Waals surface area contributed by atoms with Gasteiger partial charge in [-0.3, -0.25) is 4.90 Å². The Labute approximate surface area is 133 Å². The van der Waals surface area contributed by atoms with E-state index in [9.17, 15) is 0 Å². The van der Waals surface area contributed by atoms with Crippen LogP contribution in [0, 0.1) is 11.8 Å². The lowest BCUT2D eigenvalue weighted by molar-refractivity contribution is 0.00739. The molecule has 0 aromatic carbocycles. The summed E-state index contributed by atoms with van der Waals surface area (Å²) in [7, 11) is 0. The van der Waals surface area contributed by atoms with Crippen LogP contribution in [0.1, 0.15) is 79.6 Å². The summed E-state index contributed by atoms with van der Waals surface area (Å²) >= 11 is 0. The van der Waals surface area contributed by atoms with E-state index < -0.39 is 0 Å². The molecule has 21 heavy (non-hydrogen) atoms. The SMILES string of the molecule is CC(C)CCC(C)N1CC2(CCCCC2)NCC1C(C)C. The van der Waals surface area contributed by atoms with E-state index in [4.69, 9.17) is 0 Å². The molecule has 1 aliphatic heterocycles. The van der Waals surface area contributed by atoms with Crippen molar-refractivity contribution < 1.29 is 0 Å². The first-order chi connectivity index (χ1) is 9.93. The van der Waals surface area contributed by atoms with Gasteiger partial charge in [0, 0.05) is 30.7 Å². The monoisotopic (exact) mass is 294 g/mol. The van der Waals surface area contributed by atoms with Gasteiger partial charge in [-0.25, -0.2) is 0 Å². The Balaban J connectivity index is 2.03. The quantitative estimate of drug-likeness (QED) is 0.806. The van der Waals surface area contributed by atoms with E-state index in [0.717, 1.165) is 23.9 Å².